The maximum absolute atomic E-state index is 12.1. The van der Waals surface area contributed by atoms with Gasteiger partial charge >= 0.3 is 0 Å². The minimum atomic E-state index is -3.07. The highest BCUT2D eigenvalue weighted by Crippen LogP contribution is 2.36. The van der Waals surface area contributed by atoms with Gasteiger partial charge in [-0.1, -0.05) is 12.1 Å². The molecule has 136 valence electrons. The molecule has 3 heterocycles. The van der Waals surface area contributed by atoms with Crippen molar-refractivity contribution in [3.05, 3.63) is 24.3 Å². The van der Waals surface area contributed by atoms with Crippen molar-refractivity contribution in [2.45, 2.75) is 26.8 Å². The van der Waals surface area contributed by atoms with Gasteiger partial charge in [0.2, 0.25) is 16.0 Å². The molecule has 2 aromatic rings. The van der Waals surface area contributed by atoms with Gasteiger partial charge in [-0.2, -0.15) is 0 Å². The standard InChI is InChI=1S/C18H26N4O2S/c1-4-25(23,24)21-11-14-9-20(10-15(14)12-21)18-19-16-7-5-6-8-17(16)22(18)13(2)3/h5-8,13-15H,4,9-12H2,1-3H3. The van der Waals surface area contributed by atoms with Crippen LogP contribution < -0.4 is 4.90 Å². The second-order valence-electron chi connectivity index (χ2n) is 7.51. The monoisotopic (exact) mass is 362 g/mol. The summed E-state index contributed by atoms with van der Waals surface area (Å²) in [6.45, 7) is 9.17. The van der Waals surface area contributed by atoms with Gasteiger partial charge in [-0.05, 0) is 44.7 Å². The summed E-state index contributed by atoms with van der Waals surface area (Å²) in [4.78, 5) is 7.24. The van der Waals surface area contributed by atoms with Crippen LogP contribution in [0.15, 0.2) is 24.3 Å². The summed E-state index contributed by atoms with van der Waals surface area (Å²) in [6.07, 6.45) is 0. The summed E-state index contributed by atoms with van der Waals surface area (Å²) in [6, 6.07) is 8.59. The Morgan fingerprint density at radius 2 is 1.76 bits per heavy atom. The third-order valence-corrected chi connectivity index (χ3v) is 7.40. The third-order valence-electron chi connectivity index (χ3n) is 5.59. The fraction of sp³-hybridized carbons (Fsp3) is 0.611. The van der Waals surface area contributed by atoms with Gasteiger partial charge in [0.25, 0.3) is 0 Å². The molecule has 25 heavy (non-hydrogen) atoms. The van der Waals surface area contributed by atoms with E-state index in [1.165, 1.54) is 5.52 Å². The number of hydrogen-bond acceptors (Lipinski definition) is 4. The number of benzene rings is 1. The lowest BCUT2D eigenvalue weighted by Crippen LogP contribution is -2.34. The first-order valence-electron chi connectivity index (χ1n) is 9.10. The van der Waals surface area contributed by atoms with Crippen molar-refractivity contribution in [1.82, 2.24) is 13.9 Å². The van der Waals surface area contributed by atoms with E-state index in [2.05, 4.69) is 41.5 Å². The number of fused-ring (bicyclic) bond motifs is 2. The van der Waals surface area contributed by atoms with Crippen molar-refractivity contribution >= 4 is 27.0 Å². The largest absolute Gasteiger partial charge is 0.342 e. The molecule has 2 unspecified atom stereocenters. The molecule has 0 radical (unpaired) electrons. The molecule has 0 bridgehead atoms. The highest BCUT2D eigenvalue weighted by molar-refractivity contribution is 7.89. The number of hydrogen-bond donors (Lipinski definition) is 0. The Labute approximate surface area is 149 Å². The Morgan fingerprint density at radius 1 is 1.12 bits per heavy atom. The van der Waals surface area contributed by atoms with Gasteiger partial charge in [0.05, 0.1) is 16.8 Å². The van der Waals surface area contributed by atoms with Crippen LogP contribution in [0.4, 0.5) is 5.95 Å². The highest BCUT2D eigenvalue weighted by Gasteiger charge is 2.44. The fourth-order valence-corrected chi connectivity index (χ4v) is 5.49. The van der Waals surface area contributed by atoms with Crippen LogP contribution in [0, 0.1) is 11.8 Å². The summed E-state index contributed by atoms with van der Waals surface area (Å²) >= 11 is 0. The van der Waals surface area contributed by atoms with Crippen molar-refractivity contribution in [1.29, 1.82) is 0 Å². The smallest absolute Gasteiger partial charge is 0.213 e. The molecule has 2 aliphatic rings. The minimum absolute atomic E-state index is 0.194. The molecule has 0 saturated carbocycles. The van der Waals surface area contributed by atoms with Crippen LogP contribution in [-0.2, 0) is 10.0 Å². The second kappa shape index (κ2) is 5.99. The summed E-state index contributed by atoms with van der Waals surface area (Å²) in [7, 11) is -3.07. The van der Waals surface area contributed by atoms with E-state index in [0.717, 1.165) is 24.6 Å². The molecule has 1 aromatic heterocycles. The number of para-hydroxylation sites is 2. The lowest BCUT2D eigenvalue weighted by molar-refractivity contribution is 0.453. The number of sulfonamides is 1. The Bertz CT molecular complexity index is 876. The summed E-state index contributed by atoms with van der Waals surface area (Å²) < 4.78 is 28.3. The summed E-state index contributed by atoms with van der Waals surface area (Å²) in [5.74, 6) is 2.03. The van der Waals surface area contributed by atoms with Gasteiger partial charge in [0.15, 0.2) is 0 Å². The van der Waals surface area contributed by atoms with Crippen molar-refractivity contribution in [3.8, 4) is 0 Å². The van der Waals surface area contributed by atoms with Crippen molar-refractivity contribution in [3.63, 3.8) is 0 Å². The first-order valence-corrected chi connectivity index (χ1v) is 10.7. The zero-order valence-electron chi connectivity index (χ0n) is 15.1. The van der Waals surface area contributed by atoms with Crippen LogP contribution in [0.2, 0.25) is 0 Å². The second-order valence-corrected chi connectivity index (χ2v) is 9.76. The van der Waals surface area contributed by atoms with Crippen molar-refractivity contribution in [2.75, 3.05) is 36.8 Å². The van der Waals surface area contributed by atoms with Gasteiger partial charge in [0, 0.05) is 32.2 Å². The molecule has 2 aliphatic heterocycles. The molecule has 2 saturated heterocycles. The Kier molecular flexibility index (Phi) is 4.03. The lowest BCUT2D eigenvalue weighted by Gasteiger charge is -2.24. The van der Waals surface area contributed by atoms with Crippen LogP contribution in [-0.4, -0.2) is 54.2 Å². The van der Waals surface area contributed by atoms with Crippen LogP contribution in [0.1, 0.15) is 26.8 Å². The first-order chi connectivity index (χ1) is 11.9. The lowest BCUT2D eigenvalue weighted by atomic mass is 10.0. The molecule has 4 rings (SSSR count). The quantitative estimate of drug-likeness (QED) is 0.838. The van der Waals surface area contributed by atoms with E-state index < -0.39 is 10.0 Å². The molecule has 7 heteroatoms. The number of aromatic nitrogens is 2. The van der Waals surface area contributed by atoms with E-state index in [0.29, 0.717) is 31.0 Å². The number of imidazole rings is 1. The Morgan fingerprint density at radius 3 is 2.36 bits per heavy atom. The molecule has 0 N–H and O–H groups in total. The zero-order chi connectivity index (χ0) is 17.8. The summed E-state index contributed by atoms with van der Waals surface area (Å²) in [5.41, 5.74) is 2.19. The van der Waals surface area contributed by atoms with Gasteiger partial charge in [-0.15, -0.1) is 0 Å². The molecular weight excluding hydrogens is 336 g/mol. The van der Waals surface area contributed by atoms with Crippen molar-refractivity contribution in [2.24, 2.45) is 11.8 Å². The number of anilines is 1. The van der Waals surface area contributed by atoms with E-state index in [1.54, 1.807) is 11.2 Å². The Hall–Kier alpha value is -1.60. The normalized spacial score (nSPS) is 24.6. The van der Waals surface area contributed by atoms with E-state index in [9.17, 15) is 8.42 Å². The molecule has 0 spiro atoms. The van der Waals surface area contributed by atoms with Crippen molar-refractivity contribution < 1.29 is 8.42 Å². The number of nitrogens with zero attached hydrogens (tertiary/aromatic N) is 4. The topological polar surface area (TPSA) is 58.4 Å². The summed E-state index contributed by atoms with van der Waals surface area (Å²) in [5, 5.41) is 0. The van der Waals surface area contributed by atoms with Gasteiger partial charge < -0.3 is 9.47 Å². The van der Waals surface area contributed by atoms with E-state index in [-0.39, 0.29) is 5.75 Å². The highest BCUT2D eigenvalue weighted by atomic mass is 32.2. The predicted molar refractivity (Wildman–Crippen MR) is 100 cm³/mol. The van der Waals surface area contributed by atoms with E-state index in [4.69, 9.17) is 4.98 Å². The van der Waals surface area contributed by atoms with Crippen LogP contribution in [0.25, 0.3) is 11.0 Å². The molecule has 2 atom stereocenters. The average molecular weight is 362 g/mol. The molecule has 0 aliphatic carbocycles. The Balaban J connectivity index is 1.61. The molecule has 6 nitrogen and oxygen atoms in total. The van der Waals surface area contributed by atoms with Crippen LogP contribution >= 0.6 is 0 Å². The fourth-order valence-electron chi connectivity index (χ4n) is 4.29. The van der Waals surface area contributed by atoms with Gasteiger partial charge in [-0.3, -0.25) is 0 Å². The predicted octanol–water partition coefficient (Wildman–Crippen LogP) is 2.33. The van der Waals surface area contributed by atoms with Gasteiger partial charge in [-0.25, -0.2) is 17.7 Å². The van der Waals surface area contributed by atoms with Crippen LogP contribution in [0.5, 0.6) is 0 Å². The number of rotatable bonds is 4. The third kappa shape index (κ3) is 2.73. The SMILES string of the molecule is CCS(=O)(=O)N1CC2CN(c3nc4ccccc4n3C(C)C)CC2C1. The van der Waals surface area contributed by atoms with E-state index in [1.807, 2.05) is 6.07 Å². The average Bonchev–Trinajstić information content (AvgIpc) is 3.24. The maximum atomic E-state index is 12.1. The minimum Gasteiger partial charge on any atom is -0.342 e. The molecular formula is C18H26N4O2S. The first kappa shape index (κ1) is 16.8. The molecule has 0 amide bonds. The molecule has 1 aromatic carbocycles. The van der Waals surface area contributed by atoms with Crippen LogP contribution in [0.3, 0.4) is 0 Å². The van der Waals surface area contributed by atoms with Gasteiger partial charge in [0.1, 0.15) is 0 Å². The molecule has 2 fully saturated rings. The maximum Gasteiger partial charge on any atom is 0.213 e. The zero-order valence-corrected chi connectivity index (χ0v) is 15.9. The van der Waals surface area contributed by atoms with E-state index >= 15 is 0 Å².